The fourth-order valence-corrected chi connectivity index (χ4v) is 5.09. The minimum absolute atomic E-state index is 0.0390. The minimum atomic E-state index is -0.669. The third kappa shape index (κ3) is 4.55. The van der Waals surface area contributed by atoms with Crippen LogP contribution in [0.5, 0.6) is 0 Å². The highest BCUT2D eigenvalue weighted by Crippen LogP contribution is 2.33. The van der Waals surface area contributed by atoms with E-state index in [0.717, 1.165) is 42.9 Å². The number of hydrogen-bond acceptors (Lipinski definition) is 4. The second kappa shape index (κ2) is 8.52. The number of anilines is 1. The molecule has 1 spiro atoms. The maximum atomic E-state index is 12.9. The van der Waals surface area contributed by atoms with Crippen LogP contribution in [0.1, 0.15) is 74.7 Å². The number of carbonyl (C=O) groups excluding carboxylic acids is 3. The van der Waals surface area contributed by atoms with Crippen LogP contribution in [0, 0.1) is 12.8 Å². The average molecular weight is 427 g/mol. The molecule has 0 bridgehead atoms. The summed E-state index contributed by atoms with van der Waals surface area (Å²) in [4.78, 5) is 40.2. The Morgan fingerprint density at radius 3 is 2.65 bits per heavy atom. The predicted octanol–water partition coefficient (Wildman–Crippen LogP) is 2.94. The fraction of sp³-hybridized carbons (Fsp3) is 0.625. The van der Waals surface area contributed by atoms with Gasteiger partial charge >= 0.3 is 0 Å². The van der Waals surface area contributed by atoms with Gasteiger partial charge in [-0.05, 0) is 69.6 Å². The number of hydrogen-bond donors (Lipinski definition) is 3. The molecular weight excluding hydrogens is 392 g/mol. The predicted molar refractivity (Wildman–Crippen MR) is 120 cm³/mol. The maximum absolute atomic E-state index is 12.9. The quantitative estimate of drug-likeness (QED) is 0.693. The van der Waals surface area contributed by atoms with Crippen LogP contribution in [0.15, 0.2) is 18.2 Å². The number of rotatable bonds is 3. The average Bonchev–Trinajstić information content (AvgIpc) is 2.88. The van der Waals surface area contributed by atoms with E-state index in [4.69, 9.17) is 0 Å². The first-order chi connectivity index (χ1) is 14.8. The summed E-state index contributed by atoms with van der Waals surface area (Å²) in [6.45, 7) is 6.47. The monoisotopic (exact) mass is 426 g/mol. The molecule has 3 amide bonds. The van der Waals surface area contributed by atoms with E-state index in [1.165, 1.54) is 0 Å². The Morgan fingerprint density at radius 2 is 1.90 bits per heavy atom. The van der Waals surface area contributed by atoms with Gasteiger partial charge in [-0.1, -0.05) is 13.0 Å². The standard InChI is InChI=1S/C24H34N4O3/c1-15-4-7-18(8-5-15)25-22(30)17(3)28-13-12-24(11-10-21(28)29)26-20-14-16(2)6-9-19(20)23(31)27-24/h6,9,14-15,17-18,26H,4-5,7-8,10-13H2,1-3H3,(H,25,30)(H,27,31)/t15?,17-,18?,24+/m1/s1. The lowest BCUT2D eigenvalue weighted by Crippen LogP contribution is -2.58. The van der Waals surface area contributed by atoms with E-state index in [9.17, 15) is 14.4 Å². The number of likely N-dealkylation sites (tertiary alicyclic amines) is 1. The van der Waals surface area contributed by atoms with Gasteiger partial charge in [-0.2, -0.15) is 0 Å². The molecule has 7 nitrogen and oxygen atoms in total. The summed E-state index contributed by atoms with van der Waals surface area (Å²) in [5.74, 6) is 0.487. The molecule has 2 fully saturated rings. The molecule has 3 aliphatic rings. The van der Waals surface area contributed by atoms with Crippen LogP contribution in [0.4, 0.5) is 5.69 Å². The molecule has 2 aliphatic heterocycles. The zero-order valence-electron chi connectivity index (χ0n) is 18.8. The molecule has 2 heterocycles. The first-order valence-corrected chi connectivity index (χ1v) is 11.6. The second-order valence-electron chi connectivity index (χ2n) is 9.69. The Hall–Kier alpha value is -2.57. The topological polar surface area (TPSA) is 90.5 Å². The van der Waals surface area contributed by atoms with E-state index in [-0.39, 0.29) is 30.2 Å². The first-order valence-electron chi connectivity index (χ1n) is 11.6. The van der Waals surface area contributed by atoms with Crippen molar-refractivity contribution in [2.75, 3.05) is 11.9 Å². The SMILES string of the molecule is Cc1ccc2c(c1)N[C@@]1(CCC(=O)N([C@H](C)C(=O)NC3CCC(C)CC3)CC1)NC2=O. The molecular formula is C24H34N4O3. The van der Waals surface area contributed by atoms with Gasteiger partial charge < -0.3 is 20.9 Å². The molecule has 1 aromatic rings. The number of benzene rings is 1. The van der Waals surface area contributed by atoms with Gasteiger partial charge in [0.2, 0.25) is 11.8 Å². The molecule has 168 valence electrons. The largest absolute Gasteiger partial charge is 0.362 e. The third-order valence-corrected chi connectivity index (χ3v) is 7.22. The Balaban J connectivity index is 1.43. The van der Waals surface area contributed by atoms with E-state index in [1.54, 1.807) is 4.90 Å². The smallest absolute Gasteiger partial charge is 0.255 e. The molecule has 4 rings (SSSR count). The summed E-state index contributed by atoms with van der Waals surface area (Å²) < 4.78 is 0. The van der Waals surface area contributed by atoms with Crippen molar-refractivity contribution >= 4 is 23.4 Å². The highest BCUT2D eigenvalue weighted by molar-refractivity contribution is 6.02. The van der Waals surface area contributed by atoms with Crippen molar-refractivity contribution < 1.29 is 14.4 Å². The summed E-state index contributed by atoms with van der Waals surface area (Å²) in [5, 5.41) is 9.74. The van der Waals surface area contributed by atoms with Crippen LogP contribution in [0.2, 0.25) is 0 Å². The number of fused-ring (bicyclic) bond motifs is 1. The van der Waals surface area contributed by atoms with Crippen LogP contribution in [0.3, 0.4) is 0 Å². The van der Waals surface area contributed by atoms with Crippen molar-refractivity contribution in [3.8, 4) is 0 Å². The van der Waals surface area contributed by atoms with Crippen molar-refractivity contribution in [1.29, 1.82) is 0 Å². The van der Waals surface area contributed by atoms with Crippen LogP contribution in [-0.2, 0) is 9.59 Å². The number of nitrogens with one attached hydrogen (secondary N) is 3. The van der Waals surface area contributed by atoms with Crippen molar-refractivity contribution in [2.24, 2.45) is 5.92 Å². The fourth-order valence-electron chi connectivity index (χ4n) is 5.09. The van der Waals surface area contributed by atoms with E-state index in [0.29, 0.717) is 24.9 Å². The molecule has 1 aliphatic carbocycles. The Kier molecular flexibility index (Phi) is 5.95. The van der Waals surface area contributed by atoms with Gasteiger partial charge in [0, 0.05) is 31.1 Å². The van der Waals surface area contributed by atoms with Gasteiger partial charge in [0.1, 0.15) is 11.7 Å². The molecule has 0 radical (unpaired) electrons. The lowest BCUT2D eigenvalue weighted by atomic mass is 9.87. The Bertz CT molecular complexity index is 878. The molecule has 0 aromatic heterocycles. The van der Waals surface area contributed by atoms with Gasteiger partial charge in [-0.3, -0.25) is 14.4 Å². The number of nitrogens with zero attached hydrogens (tertiary/aromatic N) is 1. The van der Waals surface area contributed by atoms with Crippen molar-refractivity contribution in [2.45, 2.75) is 83.5 Å². The molecule has 0 unspecified atom stereocenters. The normalized spacial score (nSPS) is 29.5. The third-order valence-electron chi connectivity index (χ3n) is 7.22. The zero-order chi connectivity index (χ0) is 22.2. The molecule has 31 heavy (non-hydrogen) atoms. The molecule has 1 saturated heterocycles. The van der Waals surface area contributed by atoms with Crippen molar-refractivity contribution in [3.63, 3.8) is 0 Å². The van der Waals surface area contributed by atoms with Gasteiger partial charge in [0.15, 0.2) is 0 Å². The first kappa shape index (κ1) is 21.7. The molecule has 3 N–H and O–H groups in total. The summed E-state index contributed by atoms with van der Waals surface area (Å²) in [6.07, 6.45) is 5.62. The number of aryl methyl sites for hydroxylation is 1. The van der Waals surface area contributed by atoms with Gasteiger partial charge in [-0.15, -0.1) is 0 Å². The van der Waals surface area contributed by atoms with Crippen molar-refractivity contribution in [3.05, 3.63) is 29.3 Å². The minimum Gasteiger partial charge on any atom is -0.362 e. The lowest BCUT2D eigenvalue weighted by Gasteiger charge is -2.40. The maximum Gasteiger partial charge on any atom is 0.255 e. The second-order valence-corrected chi connectivity index (χ2v) is 9.69. The highest BCUT2D eigenvalue weighted by Gasteiger charge is 2.42. The van der Waals surface area contributed by atoms with Gasteiger partial charge in [0.25, 0.3) is 5.91 Å². The zero-order valence-corrected chi connectivity index (χ0v) is 18.8. The summed E-state index contributed by atoms with van der Waals surface area (Å²) in [6, 6.07) is 5.41. The van der Waals surface area contributed by atoms with E-state index in [2.05, 4.69) is 22.9 Å². The van der Waals surface area contributed by atoms with Crippen LogP contribution in [-0.4, -0.2) is 46.9 Å². The summed E-state index contributed by atoms with van der Waals surface area (Å²) in [5.41, 5.74) is 1.84. The van der Waals surface area contributed by atoms with Crippen molar-refractivity contribution in [1.82, 2.24) is 15.5 Å². The van der Waals surface area contributed by atoms with E-state index in [1.807, 2.05) is 32.0 Å². The lowest BCUT2D eigenvalue weighted by molar-refractivity contribution is -0.139. The van der Waals surface area contributed by atoms with Crippen LogP contribution in [0.25, 0.3) is 0 Å². The molecule has 1 saturated carbocycles. The number of carbonyl (C=O) groups is 3. The Labute approximate surface area is 184 Å². The van der Waals surface area contributed by atoms with E-state index < -0.39 is 11.7 Å². The summed E-state index contributed by atoms with van der Waals surface area (Å²) in [7, 11) is 0. The number of amides is 3. The van der Waals surface area contributed by atoms with Gasteiger partial charge in [-0.25, -0.2) is 0 Å². The van der Waals surface area contributed by atoms with Gasteiger partial charge in [0.05, 0.1) is 5.56 Å². The van der Waals surface area contributed by atoms with E-state index >= 15 is 0 Å². The van der Waals surface area contributed by atoms with Crippen LogP contribution >= 0.6 is 0 Å². The molecule has 1 aromatic carbocycles. The van der Waals surface area contributed by atoms with Crippen LogP contribution < -0.4 is 16.0 Å². The Morgan fingerprint density at radius 1 is 1.16 bits per heavy atom. The molecule has 2 atom stereocenters. The summed E-state index contributed by atoms with van der Waals surface area (Å²) >= 11 is 0. The highest BCUT2D eigenvalue weighted by atomic mass is 16.2. The molecule has 7 heteroatoms.